The monoisotopic (exact) mass is 483 g/mol. The van der Waals surface area contributed by atoms with Crippen molar-refractivity contribution in [1.29, 1.82) is 0 Å². The Bertz CT molecular complexity index is 1380. The number of hydrogen-bond acceptors (Lipinski definition) is 6. The third kappa shape index (κ3) is 3.60. The predicted octanol–water partition coefficient (Wildman–Crippen LogP) is 4.62. The van der Waals surface area contributed by atoms with Gasteiger partial charge in [0.05, 0.1) is 22.7 Å². The van der Waals surface area contributed by atoms with Crippen LogP contribution < -0.4 is 11.1 Å². The van der Waals surface area contributed by atoms with Crippen molar-refractivity contribution in [3.8, 4) is 11.3 Å². The van der Waals surface area contributed by atoms with Crippen LogP contribution in [0.3, 0.4) is 0 Å². The van der Waals surface area contributed by atoms with Crippen LogP contribution in [-0.4, -0.2) is 26.6 Å². The molecule has 0 saturated carbocycles. The number of thiophene rings is 1. The Hall–Kier alpha value is -3.38. The molecule has 4 aromatic heterocycles. The zero-order chi connectivity index (χ0) is 23.4. The third-order valence-corrected chi connectivity index (χ3v) is 6.12. The highest BCUT2D eigenvalue weighted by molar-refractivity contribution is 7.21. The molecule has 0 bridgehead atoms. The van der Waals surface area contributed by atoms with Crippen LogP contribution in [0.1, 0.15) is 31.5 Å². The van der Waals surface area contributed by atoms with Crippen LogP contribution in [0.15, 0.2) is 28.9 Å². The van der Waals surface area contributed by atoms with E-state index < -0.39 is 23.7 Å². The summed E-state index contributed by atoms with van der Waals surface area (Å²) in [5, 5.41) is 6.78. The van der Waals surface area contributed by atoms with Gasteiger partial charge in [-0.1, -0.05) is 11.6 Å². The number of fused-ring (bicyclic) bond motifs is 1. The number of anilines is 1. The number of carbonyl (C=O) groups excluding carboxylic acids is 2. The number of rotatable bonds is 4. The van der Waals surface area contributed by atoms with E-state index in [0.717, 1.165) is 6.07 Å². The lowest BCUT2D eigenvalue weighted by atomic mass is 10.1. The van der Waals surface area contributed by atoms with E-state index in [1.807, 2.05) is 0 Å². The quantitative estimate of drug-likeness (QED) is 0.439. The normalized spacial score (nSPS) is 11.8. The number of nitrogens with zero attached hydrogens (tertiary/aromatic N) is 3. The number of hydrogen-bond donors (Lipinski definition) is 2. The summed E-state index contributed by atoms with van der Waals surface area (Å²) in [5.74, 6) is -1.60. The molecule has 2 amide bonds. The number of nitrogens with two attached hydrogens (primary N) is 1. The van der Waals surface area contributed by atoms with Crippen molar-refractivity contribution >= 4 is 50.7 Å². The highest BCUT2D eigenvalue weighted by Crippen LogP contribution is 2.44. The van der Waals surface area contributed by atoms with Gasteiger partial charge in [-0.2, -0.15) is 18.3 Å². The van der Waals surface area contributed by atoms with Gasteiger partial charge in [-0.05, 0) is 25.1 Å². The van der Waals surface area contributed by atoms with Crippen molar-refractivity contribution in [2.24, 2.45) is 12.8 Å². The molecule has 0 aliphatic heterocycles. The maximum Gasteiger partial charge on any atom is 0.433 e. The van der Waals surface area contributed by atoms with E-state index in [1.165, 1.54) is 30.1 Å². The van der Waals surface area contributed by atoms with Gasteiger partial charge in [-0.3, -0.25) is 14.3 Å². The SMILES string of the molecule is Cc1nn(C)c(C(=O)Nc2c(C(N)=O)sc3nc(C(F)(F)F)cc(-c4ccco4)c23)c1Cl. The van der Waals surface area contributed by atoms with Crippen molar-refractivity contribution in [3.63, 3.8) is 0 Å². The molecule has 166 valence electrons. The first kappa shape index (κ1) is 21.8. The van der Waals surface area contributed by atoms with Crippen molar-refractivity contribution < 1.29 is 27.2 Å². The zero-order valence-electron chi connectivity index (χ0n) is 16.4. The van der Waals surface area contributed by atoms with E-state index in [2.05, 4.69) is 15.4 Å². The second-order valence-corrected chi connectivity index (χ2v) is 8.08. The van der Waals surface area contributed by atoms with E-state index >= 15 is 0 Å². The fourth-order valence-corrected chi connectivity index (χ4v) is 4.47. The fraction of sp³-hybridized carbons (Fsp3) is 0.158. The molecule has 4 rings (SSSR count). The van der Waals surface area contributed by atoms with E-state index in [9.17, 15) is 22.8 Å². The first-order chi connectivity index (χ1) is 15.0. The summed E-state index contributed by atoms with van der Waals surface area (Å²) in [6.45, 7) is 1.60. The molecule has 0 spiro atoms. The van der Waals surface area contributed by atoms with Gasteiger partial charge in [0.25, 0.3) is 11.8 Å². The molecule has 4 aromatic rings. The second-order valence-electron chi connectivity index (χ2n) is 6.71. The van der Waals surface area contributed by atoms with Gasteiger partial charge in [0, 0.05) is 18.0 Å². The number of nitrogens with one attached hydrogen (secondary N) is 1. The summed E-state index contributed by atoms with van der Waals surface area (Å²) in [6, 6.07) is 3.73. The lowest BCUT2D eigenvalue weighted by Gasteiger charge is -2.11. The smallest absolute Gasteiger partial charge is 0.433 e. The molecule has 13 heteroatoms. The summed E-state index contributed by atoms with van der Waals surface area (Å²) in [6.07, 6.45) is -3.47. The zero-order valence-corrected chi connectivity index (χ0v) is 17.9. The highest BCUT2D eigenvalue weighted by Gasteiger charge is 2.35. The first-order valence-electron chi connectivity index (χ1n) is 8.88. The van der Waals surface area contributed by atoms with Gasteiger partial charge >= 0.3 is 6.18 Å². The number of alkyl halides is 3. The fourth-order valence-electron chi connectivity index (χ4n) is 3.21. The largest absolute Gasteiger partial charge is 0.464 e. The Morgan fingerprint density at radius 1 is 1.34 bits per heavy atom. The van der Waals surface area contributed by atoms with Crippen LogP contribution in [-0.2, 0) is 13.2 Å². The number of amides is 2. The molecule has 0 aromatic carbocycles. The average molecular weight is 484 g/mol. The van der Waals surface area contributed by atoms with E-state index in [0.29, 0.717) is 17.0 Å². The maximum absolute atomic E-state index is 13.5. The number of halogens is 4. The van der Waals surface area contributed by atoms with Gasteiger partial charge in [0.15, 0.2) is 0 Å². The number of aromatic nitrogens is 3. The van der Waals surface area contributed by atoms with E-state index in [-0.39, 0.29) is 42.8 Å². The molecule has 0 unspecified atom stereocenters. The van der Waals surface area contributed by atoms with Gasteiger partial charge in [-0.25, -0.2) is 4.98 Å². The van der Waals surface area contributed by atoms with Crippen LogP contribution in [0, 0.1) is 6.92 Å². The van der Waals surface area contributed by atoms with Crippen LogP contribution in [0.2, 0.25) is 5.02 Å². The highest BCUT2D eigenvalue weighted by atomic mass is 35.5. The molecule has 0 saturated heterocycles. The Balaban J connectivity index is 1.98. The van der Waals surface area contributed by atoms with Gasteiger partial charge < -0.3 is 15.5 Å². The summed E-state index contributed by atoms with van der Waals surface area (Å²) in [5.41, 5.74) is 4.56. The summed E-state index contributed by atoms with van der Waals surface area (Å²) in [7, 11) is 1.50. The van der Waals surface area contributed by atoms with Crippen molar-refractivity contribution in [1.82, 2.24) is 14.8 Å². The topological polar surface area (TPSA) is 116 Å². The predicted molar refractivity (Wildman–Crippen MR) is 112 cm³/mol. The number of pyridine rings is 1. The molecular weight excluding hydrogens is 471 g/mol. The Morgan fingerprint density at radius 2 is 2.06 bits per heavy atom. The average Bonchev–Trinajstić information content (AvgIpc) is 3.40. The molecule has 32 heavy (non-hydrogen) atoms. The molecule has 0 fully saturated rings. The van der Waals surface area contributed by atoms with Crippen molar-refractivity contribution in [2.45, 2.75) is 13.1 Å². The molecule has 3 N–H and O–H groups in total. The van der Waals surface area contributed by atoms with Crippen molar-refractivity contribution in [2.75, 3.05) is 5.32 Å². The molecule has 0 atom stereocenters. The summed E-state index contributed by atoms with van der Waals surface area (Å²) >= 11 is 6.79. The molecule has 8 nitrogen and oxygen atoms in total. The molecular formula is C19H13ClF3N5O3S. The van der Waals surface area contributed by atoms with Crippen LogP contribution >= 0.6 is 22.9 Å². The van der Waals surface area contributed by atoms with Gasteiger partial charge in [-0.15, -0.1) is 11.3 Å². The van der Waals surface area contributed by atoms with E-state index in [1.54, 1.807) is 6.92 Å². The minimum Gasteiger partial charge on any atom is -0.464 e. The molecule has 0 aliphatic rings. The Morgan fingerprint density at radius 3 is 2.59 bits per heavy atom. The number of furan rings is 1. The molecule has 0 radical (unpaired) electrons. The van der Waals surface area contributed by atoms with Crippen molar-refractivity contribution in [3.05, 3.63) is 51.4 Å². The van der Waals surface area contributed by atoms with Gasteiger partial charge in [0.1, 0.15) is 26.9 Å². The number of primary amides is 1. The third-order valence-electron chi connectivity index (χ3n) is 4.57. The Kier molecular flexibility index (Phi) is 5.21. The Labute approximate surface area is 186 Å². The second kappa shape index (κ2) is 7.64. The summed E-state index contributed by atoms with van der Waals surface area (Å²) in [4.78, 5) is 28.4. The minimum absolute atomic E-state index is 0.00152. The van der Waals surface area contributed by atoms with E-state index in [4.69, 9.17) is 21.8 Å². The van der Waals surface area contributed by atoms with Gasteiger partial charge in [0.2, 0.25) is 0 Å². The van der Waals surface area contributed by atoms with Crippen LogP contribution in [0.25, 0.3) is 21.5 Å². The van der Waals surface area contributed by atoms with Crippen LogP contribution in [0.4, 0.5) is 18.9 Å². The first-order valence-corrected chi connectivity index (χ1v) is 10.1. The number of aryl methyl sites for hydroxylation is 2. The van der Waals surface area contributed by atoms with Crippen LogP contribution in [0.5, 0.6) is 0 Å². The number of carbonyl (C=O) groups is 2. The minimum atomic E-state index is -4.75. The molecule has 4 heterocycles. The maximum atomic E-state index is 13.5. The summed E-state index contributed by atoms with van der Waals surface area (Å²) < 4.78 is 46.9. The lowest BCUT2D eigenvalue weighted by Crippen LogP contribution is -2.19. The lowest BCUT2D eigenvalue weighted by molar-refractivity contribution is -0.140. The standard InChI is InChI=1S/C19H13ClF3N5O3S/c1-7-12(20)14(28(2)27-7)17(30)26-13-11-8(9-4-3-5-31-9)6-10(19(21,22)23)25-18(11)32-15(13)16(24)29/h3-6H,1-2H3,(H2,24,29)(H,26,30). The molecule has 0 aliphatic carbocycles.